The summed E-state index contributed by atoms with van der Waals surface area (Å²) in [5.41, 5.74) is 1.40. The van der Waals surface area contributed by atoms with Gasteiger partial charge in [0.15, 0.2) is 0 Å². The maximum absolute atomic E-state index is 12.6. The van der Waals surface area contributed by atoms with Gasteiger partial charge in [0.1, 0.15) is 0 Å². The Balaban J connectivity index is 2.26. The lowest BCUT2D eigenvalue weighted by molar-refractivity contribution is -0.00778. The molecule has 0 atom stereocenters. The topological polar surface area (TPSA) is 46.6 Å². The minimum Gasteiger partial charge on any atom is -0.378 e. The second kappa shape index (κ2) is 5.23. The fraction of sp³-hybridized carbons (Fsp3) is 0.571. The number of rotatable bonds is 3. The highest BCUT2D eigenvalue weighted by Crippen LogP contribution is 2.25. The molecule has 1 saturated heterocycles. The highest BCUT2D eigenvalue weighted by Gasteiger charge is 2.38. The van der Waals surface area contributed by atoms with E-state index in [2.05, 4.69) is 0 Å². The van der Waals surface area contributed by atoms with E-state index in [1.807, 2.05) is 45.0 Å². The van der Waals surface area contributed by atoms with Crippen molar-refractivity contribution in [3.63, 3.8) is 0 Å². The van der Waals surface area contributed by atoms with E-state index in [9.17, 15) is 8.42 Å². The molecule has 0 amide bonds. The number of hydrogen-bond acceptors (Lipinski definition) is 3. The molecule has 0 aromatic heterocycles. The summed E-state index contributed by atoms with van der Waals surface area (Å²) in [7, 11) is -3.31. The van der Waals surface area contributed by atoms with Crippen LogP contribution < -0.4 is 0 Å². The van der Waals surface area contributed by atoms with Crippen LogP contribution in [0.4, 0.5) is 0 Å². The molecule has 0 spiro atoms. The SMILES string of the molecule is Cc1ccccc1CS(=O)(=O)N1CCOCC1(C)C. The predicted molar refractivity (Wildman–Crippen MR) is 75.4 cm³/mol. The molecule has 1 fully saturated rings. The zero-order chi connectivity index (χ0) is 14.1. The van der Waals surface area contributed by atoms with E-state index in [0.717, 1.165) is 11.1 Å². The molecule has 0 radical (unpaired) electrons. The van der Waals surface area contributed by atoms with Crippen molar-refractivity contribution in [2.75, 3.05) is 19.8 Å². The Morgan fingerprint density at radius 1 is 1.32 bits per heavy atom. The fourth-order valence-corrected chi connectivity index (χ4v) is 4.44. The minimum absolute atomic E-state index is 0.0586. The van der Waals surface area contributed by atoms with Crippen LogP contribution in [0.5, 0.6) is 0 Å². The number of hydrogen-bond donors (Lipinski definition) is 0. The van der Waals surface area contributed by atoms with Crippen LogP contribution in [0, 0.1) is 6.92 Å². The first-order chi connectivity index (χ1) is 8.83. The highest BCUT2D eigenvalue weighted by atomic mass is 32.2. The molecule has 0 unspecified atom stereocenters. The molecule has 1 aromatic carbocycles. The lowest BCUT2D eigenvalue weighted by Gasteiger charge is -2.40. The number of aryl methyl sites for hydroxylation is 1. The van der Waals surface area contributed by atoms with Gasteiger partial charge in [-0.15, -0.1) is 0 Å². The molecule has 5 heteroatoms. The number of benzene rings is 1. The zero-order valence-electron chi connectivity index (χ0n) is 11.7. The van der Waals surface area contributed by atoms with E-state index in [1.165, 1.54) is 0 Å². The first-order valence-corrected chi connectivity index (χ1v) is 8.07. The average molecular weight is 283 g/mol. The van der Waals surface area contributed by atoms with Crippen LogP contribution >= 0.6 is 0 Å². The van der Waals surface area contributed by atoms with Crippen molar-refractivity contribution < 1.29 is 13.2 Å². The van der Waals surface area contributed by atoms with Gasteiger partial charge in [0.05, 0.1) is 24.5 Å². The van der Waals surface area contributed by atoms with Gasteiger partial charge in [-0.3, -0.25) is 0 Å². The maximum Gasteiger partial charge on any atom is 0.218 e. The smallest absolute Gasteiger partial charge is 0.218 e. The lowest BCUT2D eigenvalue weighted by Crippen LogP contribution is -2.55. The largest absolute Gasteiger partial charge is 0.378 e. The van der Waals surface area contributed by atoms with Crippen molar-refractivity contribution in [3.05, 3.63) is 35.4 Å². The third-order valence-corrected chi connectivity index (χ3v) is 5.53. The Morgan fingerprint density at radius 2 is 2.00 bits per heavy atom. The first-order valence-electron chi connectivity index (χ1n) is 6.46. The first kappa shape index (κ1) is 14.5. The van der Waals surface area contributed by atoms with Crippen LogP contribution in [0.2, 0.25) is 0 Å². The van der Waals surface area contributed by atoms with E-state index in [-0.39, 0.29) is 5.75 Å². The van der Waals surface area contributed by atoms with Gasteiger partial charge >= 0.3 is 0 Å². The Labute approximate surface area is 115 Å². The summed E-state index contributed by atoms with van der Waals surface area (Å²) in [6, 6.07) is 7.61. The van der Waals surface area contributed by atoms with Crippen molar-refractivity contribution in [2.45, 2.75) is 32.1 Å². The van der Waals surface area contributed by atoms with Gasteiger partial charge in [-0.05, 0) is 31.9 Å². The Bertz CT molecular complexity index is 552. The molecule has 2 rings (SSSR count). The lowest BCUT2D eigenvalue weighted by atomic mass is 10.1. The molecular formula is C14H21NO3S. The average Bonchev–Trinajstić information content (AvgIpc) is 2.31. The quantitative estimate of drug-likeness (QED) is 0.851. The fourth-order valence-electron chi connectivity index (χ4n) is 2.41. The van der Waals surface area contributed by atoms with Gasteiger partial charge in [0.25, 0.3) is 0 Å². The molecule has 0 aliphatic carbocycles. The standard InChI is InChI=1S/C14H21NO3S/c1-12-6-4-5-7-13(12)10-19(16,17)15-8-9-18-11-14(15,2)3/h4-7H,8-11H2,1-3H3. The number of nitrogens with zero attached hydrogens (tertiary/aromatic N) is 1. The van der Waals surface area contributed by atoms with Crippen molar-refractivity contribution in [1.82, 2.24) is 4.31 Å². The van der Waals surface area contributed by atoms with E-state index in [1.54, 1.807) is 4.31 Å². The minimum atomic E-state index is -3.31. The Hall–Kier alpha value is -0.910. The van der Waals surface area contributed by atoms with E-state index in [0.29, 0.717) is 19.8 Å². The summed E-state index contributed by atoms with van der Waals surface area (Å²) >= 11 is 0. The number of ether oxygens (including phenoxy) is 1. The molecule has 106 valence electrons. The van der Waals surface area contributed by atoms with Crippen LogP contribution in [0.25, 0.3) is 0 Å². The van der Waals surface area contributed by atoms with Crippen LogP contribution in [0.15, 0.2) is 24.3 Å². The summed E-state index contributed by atoms with van der Waals surface area (Å²) in [5, 5.41) is 0. The highest BCUT2D eigenvalue weighted by molar-refractivity contribution is 7.88. The molecule has 0 bridgehead atoms. The van der Waals surface area contributed by atoms with Gasteiger partial charge < -0.3 is 4.74 Å². The zero-order valence-corrected chi connectivity index (χ0v) is 12.5. The van der Waals surface area contributed by atoms with Gasteiger partial charge in [-0.1, -0.05) is 24.3 Å². The maximum atomic E-state index is 12.6. The number of sulfonamides is 1. The summed E-state index contributed by atoms with van der Waals surface area (Å²) in [6.07, 6.45) is 0. The van der Waals surface area contributed by atoms with Crippen LogP contribution in [0.1, 0.15) is 25.0 Å². The van der Waals surface area contributed by atoms with Crippen LogP contribution in [-0.2, 0) is 20.5 Å². The molecule has 1 aromatic rings. The van der Waals surface area contributed by atoms with Gasteiger partial charge in [-0.25, -0.2) is 8.42 Å². The molecule has 4 nitrogen and oxygen atoms in total. The summed E-state index contributed by atoms with van der Waals surface area (Å²) in [6.45, 7) is 7.09. The second-order valence-corrected chi connectivity index (χ2v) is 7.51. The van der Waals surface area contributed by atoms with Gasteiger partial charge in [0, 0.05) is 6.54 Å². The third kappa shape index (κ3) is 3.16. The van der Waals surface area contributed by atoms with E-state index >= 15 is 0 Å². The van der Waals surface area contributed by atoms with Crippen molar-refractivity contribution in [2.24, 2.45) is 0 Å². The molecule has 1 heterocycles. The molecule has 0 saturated carbocycles. The van der Waals surface area contributed by atoms with E-state index < -0.39 is 15.6 Å². The third-order valence-electron chi connectivity index (χ3n) is 3.50. The number of morpholine rings is 1. The van der Waals surface area contributed by atoms with Crippen LogP contribution in [-0.4, -0.2) is 38.0 Å². The summed E-state index contributed by atoms with van der Waals surface area (Å²) in [5.74, 6) is 0.0586. The second-order valence-electron chi connectivity index (χ2n) is 5.62. The molecule has 1 aliphatic heterocycles. The normalized spacial score (nSPS) is 20.4. The molecule has 19 heavy (non-hydrogen) atoms. The molecule has 0 N–H and O–H groups in total. The van der Waals surface area contributed by atoms with Crippen molar-refractivity contribution in [1.29, 1.82) is 0 Å². The van der Waals surface area contributed by atoms with E-state index in [4.69, 9.17) is 4.74 Å². The van der Waals surface area contributed by atoms with Crippen molar-refractivity contribution >= 4 is 10.0 Å². The molecular weight excluding hydrogens is 262 g/mol. The Kier molecular flexibility index (Phi) is 3.99. The van der Waals surface area contributed by atoms with Gasteiger partial charge in [-0.2, -0.15) is 4.31 Å². The summed E-state index contributed by atoms with van der Waals surface area (Å²) < 4.78 is 32.1. The Morgan fingerprint density at radius 3 is 2.63 bits per heavy atom. The van der Waals surface area contributed by atoms with Gasteiger partial charge in [0.2, 0.25) is 10.0 Å². The van der Waals surface area contributed by atoms with Crippen LogP contribution in [0.3, 0.4) is 0 Å². The predicted octanol–water partition coefficient (Wildman–Crippen LogP) is 1.94. The monoisotopic (exact) mass is 283 g/mol. The molecule has 1 aliphatic rings. The van der Waals surface area contributed by atoms with Crippen molar-refractivity contribution in [3.8, 4) is 0 Å². The summed E-state index contributed by atoms with van der Waals surface area (Å²) in [4.78, 5) is 0.